The molecular weight excluding hydrogens is 467 g/mol. The number of carbonyl (C=O) groups excluding carboxylic acids is 1. The second-order valence-electron chi connectivity index (χ2n) is 8.15. The Morgan fingerprint density at radius 1 is 1.33 bits per heavy atom. The lowest BCUT2D eigenvalue weighted by molar-refractivity contribution is -0.120. The SMILES string of the molecule is C=NN1C(=NC)C=C(Nc2cccn(-c3ncccc3F)c2=O)N/C1=C(/C)C(=O)N[C@H]1CC[C@@H]1OC. The van der Waals surface area contributed by atoms with Gasteiger partial charge in [0.05, 0.1) is 17.7 Å². The molecule has 0 spiro atoms. The van der Waals surface area contributed by atoms with Gasteiger partial charge in [-0.1, -0.05) is 0 Å². The molecule has 12 heteroatoms. The van der Waals surface area contributed by atoms with Crippen molar-refractivity contribution < 1.29 is 13.9 Å². The number of hydrogen-bond acceptors (Lipinski definition) is 8. The number of amides is 1. The van der Waals surface area contributed by atoms with Crippen LogP contribution in [0.25, 0.3) is 5.82 Å². The van der Waals surface area contributed by atoms with Gasteiger partial charge in [-0.15, -0.1) is 0 Å². The number of anilines is 1. The summed E-state index contributed by atoms with van der Waals surface area (Å²) in [6.07, 6.45) is 6.13. The van der Waals surface area contributed by atoms with Crippen LogP contribution < -0.4 is 21.5 Å². The number of hydrogen-bond donors (Lipinski definition) is 3. The highest BCUT2D eigenvalue weighted by atomic mass is 19.1. The molecule has 11 nitrogen and oxygen atoms in total. The summed E-state index contributed by atoms with van der Waals surface area (Å²) < 4.78 is 20.7. The van der Waals surface area contributed by atoms with Gasteiger partial charge in [0.25, 0.3) is 11.5 Å². The number of pyridine rings is 2. The molecule has 3 heterocycles. The minimum absolute atomic E-state index is 0.0196. The van der Waals surface area contributed by atoms with Crippen LogP contribution in [-0.2, 0) is 9.53 Å². The number of carbonyl (C=O) groups is 1. The van der Waals surface area contributed by atoms with E-state index in [0.717, 1.165) is 17.4 Å². The second-order valence-corrected chi connectivity index (χ2v) is 8.15. The van der Waals surface area contributed by atoms with E-state index in [9.17, 15) is 14.0 Å². The predicted octanol–water partition coefficient (Wildman–Crippen LogP) is 1.70. The van der Waals surface area contributed by atoms with Crippen LogP contribution in [0.3, 0.4) is 0 Å². The highest BCUT2D eigenvalue weighted by molar-refractivity contribution is 5.99. The standard InChI is InChI=1S/C24H27FN8O3/c1-14(23(34)30-16-9-10-18(16)36-4)21-31-19(13-20(26-2)33(21)27-3)29-17-8-6-12-32(24(17)35)22-15(25)7-5-11-28-22/h5-8,11-13,16,18,29,31H,3,9-10H2,1-2,4H3,(H,30,34)/b21-14+,26-20?/t16-,18-/m0/s1. The number of nitrogens with one attached hydrogen (secondary N) is 3. The monoisotopic (exact) mass is 494 g/mol. The van der Waals surface area contributed by atoms with Crippen LogP contribution in [0.2, 0.25) is 0 Å². The molecule has 3 N–H and O–H groups in total. The molecule has 188 valence electrons. The fourth-order valence-corrected chi connectivity index (χ4v) is 3.90. The summed E-state index contributed by atoms with van der Waals surface area (Å²) in [6, 6.07) is 5.74. The molecule has 2 aliphatic rings. The van der Waals surface area contributed by atoms with Crippen molar-refractivity contribution in [3.05, 3.63) is 76.1 Å². The summed E-state index contributed by atoms with van der Waals surface area (Å²) in [7, 11) is 3.18. The fourth-order valence-electron chi connectivity index (χ4n) is 3.90. The van der Waals surface area contributed by atoms with Crippen molar-refractivity contribution in [3.63, 3.8) is 0 Å². The molecule has 36 heavy (non-hydrogen) atoms. The van der Waals surface area contributed by atoms with Gasteiger partial charge in [0.1, 0.15) is 17.3 Å². The van der Waals surface area contributed by atoms with E-state index >= 15 is 0 Å². The molecule has 4 rings (SSSR count). The number of nitrogens with zero attached hydrogens (tertiary/aromatic N) is 5. The van der Waals surface area contributed by atoms with Crippen LogP contribution in [0, 0.1) is 5.82 Å². The summed E-state index contributed by atoms with van der Waals surface area (Å²) in [4.78, 5) is 34.3. The summed E-state index contributed by atoms with van der Waals surface area (Å²) in [5.41, 5.74) is -0.0398. The van der Waals surface area contributed by atoms with Gasteiger partial charge in [0, 0.05) is 39.3 Å². The van der Waals surface area contributed by atoms with Crippen molar-refractivity contribution in [1.29, 1.82) is 0 Å². The third-order valence-corrected chi connectivity index (χ3v) is 6.04. The normalized spacial score (nSPS) is 21.7. The zero-order chi connectivity index (χ0) is 25.8. The highest BCUT2D eigenvalue weighted by Gasteiger charge is 2.33. The Hall–Kier alpha value is -4.32. The highest BCUT2D eigenvalue weighted by Crippen LogP contribution is 2.24. The molecule has 0 unspecified atom stereocenters. The van der Waals surface area contributed by atoms with E-state index in [1.807, 2.05) is 0 Å². The van der Waals surface area contributed by atoms with Crippen LogP contribution >= 0.6 is 0 Å². The molecule has 1 aliphatic carbocycles. The van der Waals surface area contributed by atoms with Gasteiger partial charge >= 0.3 is 0 Å². The van der Waals surface area contributed by atoms with Gasteiger partial charge in [-0.05, 0) is 44.0 Å². The topological polar surface area (TPSA) is 125 Å². The number of methoxy groups -OCH3 is 1. The fraction of sp³-hybridized carbons (Fsp3) is 0.292. The number of hydrazone groups is 1. The summed E-state index contributed by atoms with van der Waals surface area (Å²) in [5, 5.41) is 14.4. The average Bonchev–Trinajstić information content (AvgIpc) is 2.87. The summed E-state index contributed by atoms with van der Waals surface area (Å²) in [5.74, 6) is -0.0103. The number of rotatable bonds is 7. The average molecular weight is 495 g/mol. The number of halogens is 1. The van der Waals surface area contributed by atoms with Crippen molar-refractivity contribution in [2.45, 2.75) is 31.9 Å². The number of amidine groups is 1. The van der Waals surface area contributed by atoms with E-state index in [1.165, 1.54) is 29.5 Å². The molecule has 2 aromatic rings. The first-order chi connectivity index (χ1) is 17.4. The Kier molecular flexibility index (Phi) is 7.25. The lowest BCUT2D eigenvalue weighted by Gasteiger charge is -2.36. The molecule has 0 bridgehead atoms. The largest absolute Gasteiger partial charge is 0.379 e. The third kappa shape index (κ3) is 4.75. The molecule has 0 saturated heterocycles. The van der Waals surface area contributed by atoms with Crippen LogP contribution in [0.15, 0.2) is 74.8 Å². The molecule has 1 amide bonds. The Labute approximate surface area is 207 Å². The predicted molar refractivity (Wildman–Crippen MR) is 134 cm³/mol. The third-order valence-electron chi connectivity index (χ3n) is 6.04. The Bertz CT molecular complexity index is 1330. The van der Waals surface area contributed by atoms with E-state index < -0.39 is 11.4 Å². The maximum absolute atomic E-state index is 14.3. The molecular formula is C24H27FN8O3. The molecule has 2 aromatic heterocycles. The number of aliphatic imine (C=N–C) groups is 1. The molecule has 0 aromatic carbocycles. The van der Waals surface area contributed by atoms with Gasteiger partial charge in [-0.3, -0.25) is 19.1 Å². The molecule has 1 aliphatic heterocycles. The van der Waals surface area contributed by atoms with Crippen molar-refractivity contribution >= 4 is 24.1 Å². The van der Waals surface area contributed by atoms with Crippen LogP contribution in [0.4, 0.5) is 10.1 Å². The Morgan fingerprint density at radius 2 is 2.14 bits per heavy atom. The number of ether oxygens (including phenoxy) is 1. The zero-order valence-corrected chi connectivity index (χ0v) is 20.2. The van der Waals surface area contributed by atoms with Gasteiger partial charge in [0.2, 0.25) is 0 Å². The Balaban J connectivity index is 1.64. The van der Waals surface area contributed by atoms with Crippen molar-refractivity contribution in [2.24, 2.45) is 10.1 Å². The zero-order valence-electron chi connectivity index (χ0n) is 20.2. The van der Waals surface area contributed by atoms with E-state index in [-0.39, 0.29) is 29.6 Å². The lowest BCUT2D eigenvalue weighted by atomic mass is 9.89. The molecule has 2 atom stereocenters. The minimum atomic E-state index is -0.631. The minimum Gasteiger partial charge on any atom is -0.379 e. The van der Waals surface area contributed by atoms with Crippen molar-refractivity contribution in [2.75, 3.05) is 19.5 Å². The van der Waals surface area contributed by atoms with Crippen molar-refractivity contribution in [3.8, 4) is 5.82 Å². The maximum atomic E-state index is 14.3. The smallest absolute Gasteiger partial charge is 0.280 e. The van der Waals surface area contributed by atoms with E-state index in [4.69, 9.17) is 4.74 Å². The van der Waals surface area contributed by atoms with Gasteiger partial charge in [0.15, 0.2) is 17.5 Å². The van der Waals surface area contributed by atoms with Crippen LogP contribution in [0.5, 0.6) is 0 Å². The molecule has 0 radical (unpaired) electrons. The van der Waals surface area contributed by atoms with Crippen LogP contribution in [-0.4, -0.2) is 59.3 Å². The summed E-state index contributed by atoms with van der Waals surface area (Å²) >= 11 is 0. The number of aromatic nitrogens is 2. The van der Waals surface area contributed by atoms with E-state index in [1.54, 1.807) is 39.3 Å². The quantitative estimate of drug-likeness (QED) is 0.395. The molecule has 1 fully saturated rings. The van der Waals surface area contributed by atoms with Gasteiger partial charge in [-0.2, -0.15) is 10.1 Å². The van der Waals surface area contributed by atoms with Crippen LogP contribution in [0.1, 0.15) is 19.8 Å². The molecule has 1 saturated carbocycles. The van der Waals surface area contributed by atoms with E-state index in [0.29, 0.717) is 23.1 Å². The summed E-state index contributed by atoms with van der Waals surface area (Å²) in [6.45, 7) is 5.23. The first kappa shape index (κ1) is 24.8. The van der Waals surface area contributed by atoms with E-state index in [2.05, 4.69) is 37.7 Å². The first-order valence-electron chi connectivity index (χ1n) is 11.2. The first-order valence-corrected chi connectivity index (χ1v) is 11.2. The van der Waals surface area contributed by atoms with Gasteiger partial charge in [-0.25, -0.2) is 9.37 Å². The maximum Gasteiger partial charge on any atom is 0.280 e. The van der Waals surface area contributed by atoms with Crippen molar-refractivity contribution in [1.82, 2.24) is 25.2 Å². The van der Waals surface area contributed by atoms with Gasteiger partial charge < -0.3 is 20.7 Å². The lowest BCUT2D eigenvalue weighted by Crippen LogP contribution is -2.52. The Morgan fingerprint density at radius 3 is 2.78 bits per heavy atom. The second kappa shape index (κ2) is 10.5.